The maximum atomic E-state index is 13.4. The van der Waals surface area contributed by atoms with Gasteiger partial charge in [-0.25, -0.2) is 4.39 Å². The first-order chi connectivity index (χ1) is 9.21. The molecule has 0 bridgehead atoms. The van der Waals surface area contributed by atoms with E-state index in [9.17, 15) is 4.39 Å². The Balaban J connectivity index is 2.20. The predicted octanol–water partition coefficient (Wildman–Crippen LogP) is 3.22. The number of hydrogen-bond acceptors (Lipinski definition) is 3. The van der Waals surface area contributed by atoms with Crippen LogP contribution in [-0.2, 0) is 17.9 Å². The molecule has 0 unspecified atom stereocenters. The summed E-state index contributed by atoms with van der Waals surface area (Å²) in [5, 5.41) is 0. The van der Waals surface area contributed by atoms with E-state index >= 15 is 0 Å². The molecule has 0 aliphatic rings. The van der Waals surface area contributed by atoms with E-state index < -0.39 is 0 Å². The molecule has 2 rings (SSSR count). The average molecular weight is 261 g/mol. The highest BCUT2D eigenvalue weighted by atomic mass is 19.1. The highest BCUT2D eigenvalue weighted by Crippen LogP contribution is 2.24. The van der Waals surface area contributed by atoms with Crippen molar-refractivity contribution in [2.45, 2.75) is 13.2 Å². The fourth-order valence-corrected chi connectivity index (χ4v) is 1.80. The van der Waals surface area contributed by atoms with Gasteiger partial charge in [0.2, 0.25) is 0 Å². The van der Waals surface area contributed by atoms with Gasteiger partial charge in [-0.05, 0) is 35.4 Å². The lowest BCUT2D eigenvalue weighted by atomic mass is 10.2. The van der Waals surface area contributed by atoms with Gasteiger partial charge in [0.1, 0.15) is 17.3 Å². The van der Waals surface area contributed by atoms with Crippen molar-refractivity contribution in [1.29, 1.82) is 0 Å². The van der Waals surface area contributed by atoms with Crippen LogP contribution in [-0.4, -0.2) is 7.11 Å². The Morgan fingerprint density at radius 3 is 2.58 bits per heavy atom. The first-order valence-corrected chi connectivity index (χ1v) is 5.96. The lowest BCUT2D eigenvalue weighted by Gasteiger charge is -2.09. The molecule has 4 heteroatoms. The molecule has 3 nitrogen and oxygen atoms in total. The highest BCUT2D eigenvalue weighted by molar-refractivity contribution is 5.36. The molecule has 0 saturated heterocycles. The summed E-state index contributed by atoms with van der Waals surface area (Å²) >= 11 is 0. The van der Waals surface area contributed by atoms with Crippen LogP contribution in [0, 0.1) is 5.82 Å². The number of ether oxygens (including phenoxy) is 2. The number of hydrogen-bond donors (Lipinski definition) is 1. The normalized spacial score (nSPS) is 10.5. The van der Waals surface area contributed by atoms with E-state index in [1.807, 2.05) is 24.3 Å². The summed E-state index contributed by atoms with van der Waals surface area (Å²) in [5.41, 5.74) is 7.20. The van der Waals surface area contributed by atoms with Crippen LogP contribution in [0.25, 0.3) is 0 Å². The highest BCUT2D eigenvalue weighted by Gasteiger charge is 2.03. The standard InChI is InChI=1S/C15H16FNO2/c1-18-10-11-3-2-4-14(6-11)19-15-7-12(9-17)5-13(16)8-15/h2-8H,9-10,17H2,1H3. The molecule has 0 fully saturated rings. The molecule has 0 atom stereocenters. The van der Waals surface area contributed by atoms with Crippen molar-refractivity contribution < 1.29 is 13.9 Å². The van der Waals surface area contributed by atoms with E-state index in [-0.39, 0.29) is 12.4 Å². The Hall–Kier alpha value is -1.91. The lowest BCUT2D eigenvalue weighted by Crippen LogP contribution is -1.97. The van der Waals surface area contributed by atoms with Crippen LogP contribution in [0.5, 0.6) is 11.5 Å². The smallest absolute Gasteiger partial charge is 0.130 e. The second kappa shape index (κ2) is 6.31. The molecule has 0 heterocycles. The Morgan fingerprint density at radius 1 is 1.05 bits per heavy atom. The number of methoxy groups -OCH3 is 1. The fourth-order valence-electron chi connectivity index (χ4n) is 1.80. The van der Waals surface area contributed by atoms with Crippen molar-refractivity contribution in [2.75, 3.05) is 7.11 Å². The summed E-state index contributed by atoms with van der Waals surface area (Å²) in [6.45, 7) is 0.784. The molecule has 0 amide bonds. The second-order valence-corrected chi connectivity index (χ2v) is 4.18. The first kappa shape index (κ1) is 13.5. The van der Waals surface area contributed by atoms with Crippen LogP contribution < -0.4 is 10.5 Å². The number of rotatable bonds is 5. The molecule has 0 radical (unpaired) electrons. The van der Waals surface area contributed by atoms with Crippen molar-refractivity contribution in [3.05, 3.63) is 59.4 Å². The third-order valence-electron chi connectivity index (χ3n) is 2.61. The fraction of sp³-hybridized carbons (Fsp3) is 0.200. The van der Waals surface area contributed by atoms with Crippen LogP contribution in [0.15, 0.2) is 42.5 Å². The zero-order valence-electron chi connectivity index (χ0n) is 10.7. The van der Waals surface area contributed by atoms with E-state index in [2.05, 4.69) is 0 Å². The first-order valence-electron chi connectivity index (χ1n) is 5.96. The van der Waals surface area contributed by atoms with E-state index in [0.29, 0.717) is 23.7 Å². The molecule has 19 heavy (non-hydrogen) atoms. The Morgan fingerprint density at radius 2 is 1.84 bits per heavy atom. The van der Waals surface area contributed by atoms with Crippen LogP contribution >= 0.6 is 0 Å². The molecule has 0 aliphatic heterocycles. The molecule has 0 aliphatic carbocycles. The van der Waals surface area contributed by atoms with Gasteiger partial charge in [0.15, 0.2) is 0 Å². The Labute approximate surface area is 111 Å². The number of nitrogens with two attached hydrogens (primary N) is 1. The molecule has 100 valence electrons. The van der Waals surface area contributed by atoms with Crippen molar-refractivity contribution in [3.8, 4) is 11.5 Å². The van der Waals surface area contributed by atoms with E-state index in [0.717, 1.165) is 5.56 Å². The quantitative estimate of drug-likeness (QED) is 0.898. The van der Waals surface area contributed by atoms with Gasteiger partial charge in [-0.15, -0.1) is 0 Å². The van der Waals surface area contributed by atoms with Crippen LogP contribution in [0.3, 0.4) is 0 Å². The van der Waals surface area contributed by atoms with Crippen molar-refractivity contribution in [3.63, 3.8) is 0 Å². The van der Waals surface area contributed by atoms with Gasteiger partial charge in [0, 0.05) is 19.7 Å². The van der Waals surface area contributed by atoms with Gasteiger partial charge in [-0.1, -0.05) is 12.1 Å². The molecule has 0 spiro atoms. The molecule has 2 N–H and O–H groups in total. The topological polar surface area (TPSA) is 44.5 Å². The Kier molecular flexibility index (Phi) is 4.49. The third-order valence-corrected chi connectivity index (χ3v) is 2.61. The molecular formula is C15H16FNO2. The van der Waals surface area contributed by atoms with E-state index in [1.165, 1.54) is 12.1 Å². The molecular weight excluding hydrogens is 245 g/mol. The van der Waals surface area contributed by atoms with Crippen LogP contribution in [0.1, 0.15) is 11.1 Å². The zero-order chi connectivity index (χ0) is 13.7. The van der Waals surface area contributed by atoms with Gasteiger partial charge in [-0.3, -0.25) is 0 Å². The van der Waals surface area contributed by atoms with E-state index in [1.54, 1.807) is 13.2 Å². The minimum Gasteiger partial charge on any atom is -0.457 e. The van der Waals surface area contributed by atoms with Crippen LogP contribution in [0.4, 0.5) is 4.39 Å². The van der Waals surface area contributed by atoms with Gasteiger partial charge < -0.3 is 15.2 Å². The van der Waals surface area contributed by atoms with Crippen LogP contribution in [0.2, 0.25) is 0 Å². The van der Waals surface area contributed by atoms with Gasteiger partial charge in [-0.2, -0.15) is 0 Å². The van der Waals surface area contributed by atoms with E-state index in [4.69, 9.17) is 15.2 Å². The zero-order valence-corrected chi connectivity index (χ0v) is 10.7. The summed E-state index contributed by atoms with van der Waals surface area (Å²) in [6.07, 6.45) is 0. The van der Waals surface area contributed by atoms with Gasteiger partial charge in [0.25, 0.3) is 0 Å². The average Bonchev–Trinajstić information content (AvgIpc) is 2.39. The summed E-state index contributed by atoms with van der Waals surface area (Å²) < 4.78 is 24.1. The monoisotopic (exact) mass is 261 g/mol. The summed E-state index contributed by atoms with van der Waals surface area (Å²) in [6, 6.07) is 11.9. The number of halogens is 1. The maximum absolute atomic E-state index is 13.4. The van der Waals surface area contributed by atoms with Crippen molar-refractivity contribution in [1.82, 2.24) is 0 Å². The minimum absolute atomic E-state index is 0.276. The lowest BCUT2D eigenvalue weighted by molar-refractivity contribution is 0.184. The minimum atomic E-state index is -0.356. The number of benzene rings is 2. The molecule has 2 aromatic rings. The SMILES string of the molecule is COCc1cccc(Oc2cc(F)cc(CN)c2)c1. The largest absolute Gasteiger partial charge is 0.457 e. The summed E-state index contributed by atoms with van der Waals surface area (Å²) in [5.74, 6) is 0.726. The molecule has 0 aromatic heterocycles. The maximum Gasteiger partial charge on any atom is 0.130 e. The summed E-state index contributed by atoms with van der Waals surface area (Å²) in [4.78, 5) is 0. The molecule has 2 aromatic carbocycles. The second-order valence-electron chi connectivity index (χ2n) is 4.18. The Bertz CT molecular complexity index is 558. The third kappa shape index (κ3) is 3.77. The van der Waals surface area contributed by atoms with Crippen molar-refractivity contribution in [2.24, 2.45) is 5.73 Å². The summed E-state index contributed by atoms with van der Waals surface area (Å²) in [7, 11) is 1.63. The van der Waals surface area contributed by atoms with Gasteiger partial charge >= 0.3 is 0 Å². The predicted molar refractivity (Wildman–Crippen MR) is 71.5 cm³/mol. The molecule has 0 saturated carbocycles. The van der Waals surface area contributed by atoms with Crippen molar-refractivity contribution >= 4 is 0 Å². The van der Waals surface area contributed by atoms with Gasteiger partial charge in [0.05, 0.1) is 6.61 Å².